The van der Waals surface area contributed by atoms with Gasteiger partial charge in [0.2, 0.25) is 0 Å². The topological polar surface area (TPSA) is 29.3 Å². The van der Waals surface area contributed by atoms with Crippen LogP contribution in [-0.4, -0.2) is 13.1 Å². The molecule has 16 heavy (non-hydrogen) atoms. The zero-order valence-electron chi connectivity index (χ0n) is 10.2. The van der Waals surface area contributed by atoms with Crippen LogP contribution in [0.2, 0.25) is 0 Å². The molecule has 0 fully saturated rings. The predicted octanol–water partition coefficient (Wildman–Crippen LogP) is 2.26. The number of rotatable bonds is 2. The minimum Gasteiger partial charge on any atom is -0.370 e. The van der Waals surface area contributed by atoms with Crippen molar-refractivity contribution in [3.05, 3.63) is 28.8 Å². The van der Waals surface area contributed by atoms with Crippen LogP contribution in [0.5, 0.6) is 0 Å². The van der Waals surface area contributed by atoms with Gasteiger partial charge < -0.3 is 10.6 Å². The van der Waals surface area contributed by atoms with Crippen LogP contribution >= 0.6 is 0 Å². The Balaban J connectivity index is 2.05. The molecule has 2 heteroatoms. The molecular formula is C14H20N2. The molecule has 0 bridgehead atoms. The molecular weight excluding hydrogens is 196 g/mol. The molecule has 1 atom stereocenters. The van der Waals surface area contributed by atoms with E-state index < -0.39 is 0 Å². The fourth-order valence-corrected chi connectivity index (χ4v) is 3.00. The van der Waals surface area contributed by atoms with Crippen molar-refractivity contribution in [2.45, 2.75) is 32.7 Å². The zero-order chi connectivity index (χ0) is 11.3. The summed E-state index contributed by atoms with van der Waals surface area (Å²) in [6, 6.07) is 4.88. The van der Waals surface area contributed by atoms with Gasteiger partial charge in [-0.05, 0) is 35.4 Å². The van der Waals surface area contributed by atoms with E-state index in [-0.39, 0.29) is 6.04 Å². The Bertz CT molecular complexity index is 394. The van der Waals surface area contributed by atoms with Crippen LogP contribution in [0, 0.1) is 5.92 Å². The first-order chi connectivity index (χ1) is 7.66. The molecule has 2 nitrogen and oxygen atoms in total. The Kier molecular flexibility index (Phi) is 2.21. The van der Waals surface area contributed by atoms with Crippen LogP contribution in [0.3, 0.4) is 0 Å². The van der Waals surface area contributed by atoms with Crippen molar-refractivity contribution < 1.29 is 0 Å². The Morgan fingerprint density at radius 1 is 1.12 bits per heavy atom. The van der Waals surface area contributed by atoms with Gasteiger partial charge >= 0.3 is 0 Å². The summed E-state index contributed by atoms with van der Waals surface area (Å²) in [4.78, 5) is 2.52. The first-order valence-corrected chi connectivity index (χ1v) is 6.33. The molecule has 0 aliphatic carbocycles. The summed E-state index contributed by atoms with van der Waals surface area (Å²) in [6.45, 7) is 6.82. The zero-order valence-corrected chi connectivity index (χ0v) is 10.2. The van der Waals surface area contributed by atoms with Crippen molar-refractivity contribution in [3.8, 4) is 0 Å². The lowest BCUT2D eigenvalue weighted by Crippen LogP contribution is -2.17. The van der Waals surface area contributed by atoms with Gasteiger partial charge in [-0.1, -0.05) is 26.0 Å². The van der Waals surface area contributed by atoms with E-state index in [0.29, 0.717) is 5.92 Å². The highest BCUT2D eigenvalue weighted by molar-refractivity contribution is 5.68. The quantitative estimate of drug-likeness (QED) is 0.821. The van der Waals surface area contributed by atoms with Crippen molar-refractivity contribution in [1.82, 2.24) is 0 Å². The maximum atomic E-state index is 6.26. The molecule has 1 unspecified atom stereocenters. The van der Waals surface area contributed by atoms with E-state index in [2.05, 4.69) is 30.9 Å². The summed E-state index contributed by atoms with van der Waals surface area (Å²) in [7, 11) is 0. The molecule has 86 valence electrons. The lowest BCUT2D eigenvalue weighted by molar-refractivity contribution is 0.513. The molecule has 0 amide bonds. The van der Waals surface area contributed by atoms with Crippen molar-refractivity contribution in [2.24, 2.45) is 11.7 Å². The Labute approximate surface area is 97.4 Å². The summed E-state index contributed by atoms with van der Waals surface area (Å²) in [5.41, 5.74) is 12.2. The average Bonchev–Trinajstić information content (AvgIpc) is 2.85. The van der Waals surface area contributed by atoms with Crippen molar-refractivity contribution in [2.75, 3.05) is 18.0 Å². The van der Waals surface area contributed by atoms with E-state index in [1.807, 2.05) is 0 Å². The highest BCUT2D eigenvalue weighted by Gasteiger charge is 2.28. The van der Waals surface area contributed by atoms with Gasteiger partial charge in [-0.15, -0.1) is 0 Å². The molecule has 2 N–H and O–H groups in total. The summed E-state index contributed by atoms with van der Waals surface area (Å²) in [5, 5.41) is 0. The minimum absolute atomic E-state index is 0.191. The van der Waals surface area contributed by atoms with Gasteiger partial charge in [-0.2, -0.15) is 0 Å². The maximum Gasteiger partial charge on any atom is 0.0433 e. The van der Waals surface area contributed by atoms with E-state index in [4.69, 9.17) is 5.73 Å². The SMILES string of the molecule is CC(C)C(N)c1cc2c3c(c1)CCN3CC2. The van der Waals surface area contributed by atoms with E-state index in [1.54, 1.807) is 0 Å². The molecule has 3 rings (SSSR count). The minimum atomic E-state index is 0.191. The Morgan fingerprint density at radius 3 is 2.19 bits per heavy atom. The van der Waals surface area contributed by atoms with Crippen LogP contribution in [0.1, 0.15) is 36.6 Å². The van der Waals surface area contributed by atoms with Crippen LogP contribution < -0.4 is 10.6 Å². The lowest BCUT2D eigenvalue weighted by atomic mass is 9.92. The molecule has 2 aliphatic heterocycles. The van der Waals surface area contributed by atoms with Crippen molar-refractivity contribution in [3.63, 3.8) is 0 Å². The van der Waals surface area contributed by atoms with Gasteiger partial charge in [0.05, 0.1) is 0 Å². The first kappa shape index (κ1) is 10.2. The van der Waals surface area contributed by atoms with E-state index in [9.17, 15) is 0 Å². The maximum absolute atomic E-state index is 6.26. The average molecular weight is 216 g/mol. The van der Waals surface area contributed by atoms with Gasteiger partial charge in [0, 0.05) is 24.8 Å². The molecule has 0 radical (unpaired) electrons. The molecule has 2 aliphatic rings. The molecule has 0 aromatic heterocycles. The second-order valence-electron chi connectivity index (χ2n) is 5.44. The van der Waals surface area contributed by atoms with Crippen molar-refractivity contribution >= 4 is 5.69 Å². The second kappa shape index (κ2) is 3.49. The molecule has 0 saturated heterocycles. The third kappa shape index (κ3) is 1.36. The van der Waals surface area contributed by atoms with Gasteiger partial charge in [-0.25, -0.2) is 0 Å². The van der Waals surface area contributed by atoms with Gasteiger partial charge in [0.1, 0.15) is 0 Å². The van der Waals surface area contributed by atoms with Crippen LogP contribution in [-0.2, 0) is 12.8 Å². The van der Waals surface area contributed by atoms with E-state index >= 15 is 0 Å². The van der Waals surface area contributed by atoms with E-state index in [0.717, 1.165) is 0 Å². The monoisotopic (exact) mass is 216 g/mol. The molecule has 0 spiro atoms. The van der Waals surface area contributed by atoms with Gasteiger partial charge in [-0.3, -0.25) is 0 Å². The summed E-state index contributed by atoms with van der Waals surface area (Å²) in [5.74, 6) is 0.518. The number of hydrogen-bond donors (Lipinski definition) is 1. The van der Waals surface area contributed by atoms with Crippen LogP contribution in [0.4, 0.5) is 5.69 Å². The van der Waals surface area contributed by atoms with E-state index in [1.165, 1.54) is 48.3 Å². The Morgan fingerprint density at radius 2 is 1.69 bits per heavy atom. The normalized spacial score (nSPS) is 19.4. The largest absolute Gasteiger partial charge is 0.370 e. The number of nitrogens with zero attached hydrogens (tertiary/aromatic N) is 1. The molecule has 1 aromatic carbocycles. The number of benzene rings is 1. The second-order valence-corrected chi connectivity index (χ2v) is 5.44. The fourth-order valence-electron chi connectivity index (χ4n) is 3.00. The number of anilines is 1. The van der Waals surface area contributed by atoms with Crippen LogP contribution in [0.25, 0.3) is 0 Å². The van der Waals surface area contributed by atoms with Crippen LogP contribution in [0.15, 0.2) is 12.1 Å². The fraction of sp³-hybridized carbons (Fsp3) is 0.571. The summed E-state index contributed by atoms with van der Waals surface area (Å²) >= 11 is 0. The highest BCUT2D eigenvalue weighted by atomic mass is 15.2. The van der Waals surface area contributed by atoms with Gasteiger partial charge in [0.25, 0.3) is 0 Å². The lowest BCUT2D eigenvalue weighted by Gasteiger charge is -2.18. The van der Waals surface area contributed by atoms with Crippen molar-refractivity contribution in [1.29, 1.82) is 0 Å². The molecule has 1 aromatic rings. The number of nitrogens with two attached hydrogens (primary N) is 1. The smallest absolute Gasteiger partial charge is 0.0433 e. The summed E-state index contributed by atoms with van der Waals surface area (Å²) in [6.07, 6.45) is 2.42. The summed E-state index contributed by atoms with van der Waals surface area (Å²) < 4.78 is 0. The molecule has 2 heterocycles. The standard InChI is InChI=1S/C14H20N2/c1-9(2)13(15)12-7-10-3-5-16-6-4-11(8-12)14(10)16/h7-9,13H,3-6,15H2,1-2H3. The highest BCUT2D eigenvalue weighted by Crippen LogP contribution is 2.39. The third-order valence-electron chi connectivity index (χ3n) is 4.01. The molecule has 0 saturated carbocycles. The third-order valence-corrected chi connectivity index (χ3v) is 4.01. The first-order valence-electron chi connectivity index (χ1n) is 6.33. The predicted molar refractivity (Wildman–Crippen MR) is 67.8 cm³/mol. The number of hydrogen-bond acceptors (Lipinski definition) is 2. The van der Waals surface area contributed by atoms with Gasteiger partial charge in [0.15, 0.2) is 0 Å². The Hall–Kier alpha value is -1.02.